The Labute approximate surface area is 74.8 Å². The molecule has 2 heteroatoms. The SMILES string of the molecule is CCC[C@@H]1C[C@H]2CCCCN2O1. The number of hydrogen-bond donors (Lipinski definition) is 0. The molecule has 0 aliphatic carbocycles. The zero-order chi connectivity index (χ0) is 8.39. The van der Waals surface area contributed by atoms with Gasteiger partial charge in [-0.05, 0) is 25.7 Å². The van der Waals surface area contributed by atoms with Gasteiger partial charge in [-0.15, -0.1) is 0 Å². The molecule has 2 atom stereocenters. The molecule has 0 aromatic heterocycles. The fourth-order valence-electron chi connectivity index (χ4n) is 2.38. The summed E-state index contributed by atoms with van der Waals surface area (Å²) in [6.45, 7) is 3.41. The molecule has 2 saturated heterocycles. The van der Waals surface area contributed by atoms with Gasteiger partial charge < -0.3 is 0 Å². The van der Waals surface area contributed by atoms with Gasteiger partial charge in [0, 0.05) is 12.6 Å². The van der Waals surface area contributed by atoms with Gasteiger partial charge in [0.2, 0.25) is 0 Å². The third-order valence-electron chi connectivity index (χ3n) is 3.00. The Morgan fingerprint density at radius 3 is 3.08 bits per heavy atom. The maximum absolute atomic E-state index is 5.84. The van der Waals surface area contributed by atoms with Crippen molar-refractivity contribution in [1.82, 2.24) is 5.06 Å². The molecular weight excluding hydrogens is 150 g/mol. The van der Waals surface area contributed by atoms with Crippen molar-refractivity contribution in [2.24, 2.45) is 0 Å². The molecule has 0 bridgehead atoms. The number of hydroxylamine groups is 2. The van der Waals surface area contributed by atoms with Crippen molar-refractivity contribution in [2.45, 2.75) is 57.6 Å². The smallest absolute Gasteiger partial charge is 0.0809 e. The molecule has 0 unspecified atom stereocenters. The molecule has 2 heterocycles. The van der Waals surface area contributed by atoms with Crippen LogP contribution >= 0.6 is 0 Å². The van der Waals surface area contributed by atoms with Gasteiger partial charge in [-0.3, -0.25) is 4.84 Å². The highest BCUT2D eigenvalue weighted by atomic mass is 16.7. The van der Waals surface area contributed by atoms with Crippen molar-refractivity contribution in [2.75, 3.05) is 6.54 Å². The van der Waals surface area contributed by atoms with Crippen LogP contribution in [0.3, 0.4) is 0 Å². The number of rotatable bonds is 2. The van der Waals surface area contributed by atoms with Crippen molar-refractivity contribution in [3.63, 3.8) is 0 Å². The van der Waals surface area contributed by atoms with E-state index in [1.54, 1.807) is 0 Å². The summed E-state index contributed by atoms with van der Waals surface area (Å²) in [6, 6.07) is 0.760. The number of piperidine rings is 1. The Bertz CT molecular complexity index is 135. The fraction of sp³-hybridized carbons (Fsp3) is 1.00. The lowest BCUT2D eigenvalue weighted by atomic mass is 9.99. The summed E-state index contributed by atoms with van der Waals surface area (Å²) in [6.07, 6.45) is 8.42. The van der Waals surface area contributed by atoms with Crippen LogP contribution in [0.25, 0.3) is 0 Å². The van der Waals surface area contributed by atoms with E-state index in [1.807, 2.05) is 0 Å². The Balaban J connectivity index is 1.85. The van der Waals surface area contributed by atoms with Gasteiger partial charge in [-0.25, -0.2) is 0 Å². The van der Waals surface area contributed by atoms with Crippen LogP contribution in [0.15, 0.2) is 0 Å². The number of hydrogen-bond acceptors (Lipinski definition) is 2. The maximum atomic E-state index is 5.84. The summed E-state index contributed by atoms with van der Waals surface area (Å²) in [5, 5.41) is 2.24. The monoisotopic (exact) mass is 169 g/mol. The summed E-state index contributed by atoms with van der Waals surface area (Å²) in [5.41, 5.74) is 0. The molecular formula is C10H19NO. The molecule has 0 aromatic carbocycles. The van der Waals surface area contributed by atoms with Gasteiger partial charge in [0.15, 0.2) is 0 Å². The van der Waals surface area contributed by atoms with Crippen molar-refractivity contribution < 1.29 is 4.84 Å². The van der Waals surface area contributed by atoms with Gasteiger partial charge >= 0.3 is 0 Å². The number of nitrogens with zero attached hydrogens (tertiary/aromatic N) is 1. The van der Waals surface area contributed by atoms with E-state index in [1.165, 1.54) is 45.1 Å². The Kier molecular flexibility index (Phi) is 2.66. The minimum atomic E-state index is 0.540. The summed E-state index contributed by atoms with van der Waals surface area (Å²) >= 11 is 0. The lowest BCUT2D eigenvalue weighted by Gasteiger charge is -2.26. The topological polar surface area (TPSA) is 12.5 Å². The molecule has 2 fully saturated rings. The molecule has 2 nitrogen and oxygen atoms in total. The highest BCUT2D eigenvalue weighted by Gasteiger charge is 2.33. The molecule has 0 saturated carbocycles. The first kappa shape index (κ1) is 8.52. The molecule has 0 amide bonds. The molecule has 0 spiro atoms. The van der Waals surface area contributed by atoms with E-state index in [-0.39, 0.29) is 0 Å². The Morgan fingerprint density at radius 1 is 1.42 bits per heavy atom. The summed E-state index contributed by atoms with van der Waals surface area (Å²) in [4.78, 5) is 5.84. The van der Waals surface area contributed by atoms with Gasteiger partial charge in [0.05, 0.1) is 6.10 Å². The van der Waals surface area contributed by atoms with Crippen LogP contribution in [-0.2, 0) is 4.84 Å². The van der Waals surface area contributed by atoms with E-state index in [4.69, 9.17) is 4.84 Å². The van der Waals surface area contributed by atoms with Crippen molar-refractivity contribution in [3.05, 3.63) is 0 Å². The van der Waals surface area contributed by atoms with Crippen LogP contribution in [0.2, 0.25) is 0 Å². The zero-order valence-corrected chi connectivity index (χ0v) is 7.96. The summed E-state index contributed by atoms with van der Waals surface area (Å²) in [5.74, 6) is 0. The second-order valence-electron chi connectivity index (χ2n) is 4.04. The van der Waals surface area contributed by atoms with Crippen LogP contribution in [-0.4, -0.2) is 23.8 Å². The van der Waals surface area contributed by atoms with Crippen LogP contribution in [0, 0.1) is 0 Å². The third kappa shape index (κ3) is 1.64. The van der Waals surface area contributed by atoms with Gasteiger partial charge in [0.25, 0.3) is 0 Å². The lowest BCUT2D eigenvalue weighted by Crippen LogP contribution is -2.32. The quantitative estimate of drug-likeness (QED) is 0.629. The summed E-state index contributed by atoms with van der Waals surface area (Å²) in [7, 11) is 0. The Hall–Kier alpha value is -0.0800. The fourth-order valence-corrected chi connectivity index (χ4v) is 2.38. The van der Waals surface area contributed by atoms with E-state index < -0.39 is 0 Å². The van der Waals surface area contributed by atoms with Crippen LogP contribution in [0.4, 0.5) is 0 Å². The first-order valence-electron chi connectivity index (χ1n) is 5.33. The standard InChI is InChI=1S/C10H19NO/c1-2-5-10-8-9-6-3-4-7-11(9)12-10/h9-10H,2-8H2,1H3/t9-,10-/m1/s1. The predicted molar refractivity (Wildman–Crippen MR) is 48.7 cm³/mol. The van der Waals surface area contributed by atoms with Gasteiger partial charge in [0.1, 0.15) is 0 Å². The molecule has 2 rings (SSSR count). The molecule has 2 aliphatic rings. The summed E-state index contributed by atoms with van der Waals surface area (Å²) < 4.78 is 0. The van der Waals surface area contributed by atoms with Gasteiger partial charge in [-0.1, -0.05) is 19.8 Å². The van der Waals surface area contributed by atoms with Crippen molar-refractivity contribution >= 4 is 0 Å². The Morgan fingerprint density at radius 2 is 2.33 bits per heavy atom. The minimum Gasteiger partial charge on any atom is -0.295 e. The zero-order valence-electron chi connectivity index (χ0n) is 7.96. The highest BCUT2D eigenvalue weighted by Crippen LogP contribution is 2.30. The molecule has 0 radical (unpaired) electrons. The highest BCUT2D eigenvalue weighted by molar-refractivity contribution is 4.80. The minimum absolute atomic E-state index is 0.540. The van der Waals surface area contributed by atoms with E-state index in [0.29, 0.717) is 6.10 Å². The molecule has 0 aromatic rings. The lowest BCUT2D eigenvalue weighted by molar-refractivity contribution is -0.172. The molecule has 70 valence electrons. The normalized spacial score (nSPS) is 36.8. The average Bonchev–Trinajstić information content (AvgIpc) is 2.47. The molecule has 2 aliphatic heterocycles. The number of fused-ring (bicyclic) bond motifs is 1. The van der Waals surface area contributed by atoms with E-state index in [9.17, 15) is 0 Å². The first-order valence-corrected chi connectivity index (χ1v) is 5.33. The second-order valence-corrected chi connectivity index (χ2v) is 4.04. The first-order chi connectivity index (χ1) is 5.90. The third-order valence-corrected chi connectivity index (χ3v) is 3.00. The van der Waals surface area contributed by atoms with Crippen LogP contribution in [0.1, 0.15) is 45.4 Å². The largest absolute Gasteiger partial charge is 0.295 e. The predicted octanol–water partition coefficient (Wildman–Crippen LogP) is 2.34. The van der Waals surface area contributed by atoms with Crippen LogP contribution < -0.4 is 0 Å². The van der Waals surface area contributed by atoms with E-state index in [0.717, 1.165) is 6.04 Å². The second kappa shape index (κ2) is 3.75. The van der Waals surface area contributed by atoms with Gasteiger partial charge in [-0.2, -0.15) is 5.06 Å². The molecule has 12 heavy (non-hydrogen) atoms. The average molecular weight is 169 g/mol. The van der Waals surface area contributed by atoms with E-state index in [2.05, 4.69) is 12.0 Å². The maximum Gasteiger partial charge on any atom is 0.0809 e. The van der Waals surface area contributed by atoms with Crippen LogP contribution in [0.5, 0.6) is 0 Å². The van der Waals surface area contributed by atoms with E-state index >= 15 is 0 Å². The molecule has 0 N–H and O–H groups in total. The van der Waals surface area contributed by atoms with Crippen molar-refractivity contribution in [1.29, 1.82) is 0 Å². The van der Waals surface area contributed by atoms with Crippen molar-refractivity contribution in [3.8, 4) is 0 Å².